The van der Waals surface area contributed by atoms with E-state index in [0.717, 1.165) is 6.07 Å². The molecule has 0 aliphatic carbocycles. The highest BCUT2D eigenvalue weighted by molar-refractivity contribution is 5.72. The highest BCUT2D eigenvalue weighted by Crippen LogP contribution is 2.30. The zero-order valence-electron chi connectivity index (χ0n) is 10.3. The summed E-state index contributed by atoms with van der Waals surface area (Å²) in [5.74, 6) is -0.724. The number of alkyl halides is 2. The number of nitriles is 1. The molecule has 0 bridgehead atoms. The molecule has 0 fully saturated rings. The summed E-state index contributed by atoms with van der Waals surface area (Å²) in [6, 6.07) is 2.38. The number of nitro groups is 1. The summed E-state index contributed by atoms with van der Waals surface area (Å²) in [7, 11) is 0. The lowest BCUT2D eigenvalue weighted by molar-refractivity contribution is -0.386. The quantitative estimate of drug-likeness (QED) is 0.464. The predicted molar refractivity (Wildman–Crippen MR) is 60.9 cm³/mol. The lowest BCUT2D eigenvalue weighted by atomic mass is 10.1. The Bertz CT molecular complexity index is 584. The smallest absolute Gasteiger partial charge is 0.314 e. The second kappa shape index (κ2) is 6.51. The highest BCUT2D eigenvalue weighted by Gasteiger charge is 2.29. The zero-order valence-corrected chi connectivity index (χ0v) is 10.3. The monoisotopic (exact) mass is 285 g/mol. The first kappa shape index (κ1) is 15.4. The summed E-state index contributed by atoms with van der Waals surface area (Å²) in [4.78, 5) is 24.3. The molecule has 7 nitrogen and oxygen atoms in total. The molecule has 0 unspecified atom stereocenters. The Balaban J connectivity index is 3.31. The van der Waals surface area contributed by atoms with Crippen molar-refractivity contribution in [2.45, 2.75) is 19.8 Å². The molecule has 0 amide bonds. The minimum absolute atomic E-state index is 0.0959. The van der Waals surface area contributed by atoms with Gasteiger partial charge in [-0.1, -0.05) is 0 Å². The summed E-state index contributed by atoms with van der Waals surface area (Å²) in [5, 5.41) is 19.5. The van der Waals surface area contributed by atoms with E-state index >= 15 is 0 Å². The third kappa shape index (κ3) is 3.44. The van der Waals surface area contributed by atoms with Crippen molar-refractivity contribution in [1.82, 2.24) is 4.98 Å². The molecule has 0 aliphatic rings. The summed E-state index contributed by atoms with van der Waals surface area (Å²) in [6.45, 7) is 1.66. The van der Waals surface area contributed by atoms with Crippen molar-refractivity contribution in [3.8, 4) is 6.07 Å². The van der Waals surface area contributed by atoms with Crippen molar-refractivity contribution in [3.63, 3.8) is 0 Å². The third-order valence-electron chi connectivity index (χ3n) is 2.21. The summed E-state index contributed by atoms with van der Waals surface area (Å²) in [6.07, 6.45) is -3.68. The molecular formula is C11H9F2N3O4. The average molecular weight is 285 g/mol. The minimum Gasteiger partial charge on any atom is -0.466 e. The number of ether oxygens (including phenoxy) is 1. The first-order valence-electron chi connectivity index (χ1n) is 5.42. The van der Waals surface area contributed by atoms with Crippen LogP contribution in [0.2, 0.25) is 0 Å². The lowest BCUT2D eigenvalue weighted by Crippen LogP contribution is -2.11. The van der Waals surface area contributed by atoms with E-state index in [1.807, 2.05) is 0 Å². The van der Waals surface area contributed by atoms with Gasteiger partial charge < -0.3 is 4.74 Å². The number of halogens is 2. The molecule has 1 aromatic rings. The van der Waals surface area contributed by atoms with Gasteiger partial charge in [-0.25, -0.2) is 13.8 Å². The van der Waals surface area contributed by atoms with E-state index in [0.29, 0.717) is 0 Å². The van der Waals surface area contributed by atoms with Crippen LogP contribution in [-0.4, -0.2) is 22.5 Å². The van der Waals surface area contributed by atoms with E-state index in [1.54, 1.807) is 6.92 Å². The summed E-state index contributed by atoms with van der Waals surface area (Å²) < 4.78 is 30.2. The Kier molecular flexibility index (Phi) is 5.02. The molecule has 9 heteroatoms. The molecule has 0 saturated heterocycles. The van der Waals surface area contributed by atoms with Crippen LogP contribution in [0.1, 0.15) is 30.3 Å². The van der Waals surface area contributed by atoms with E-state index < -0.39 is 40.7 Å². The Morgan fingerprint density at radius 2 is 2.30 bits per heavy atom. The molecule has 106 valence electrons. The first-order chi connectivity index (χ1) is 9.40. The minimum atomic E-state index is -3.23. The van der Waals surface area contributed by atoms with Gasteiger partial charge in [-0.05, 0) is 13.0 Å². The number of carbonyl (C=O) groups excluding carboxylic acids is 1. The number of aromatic nitrogens is 1. The van der Waals surface area contributed by atoms with Crippen LogP contribution in [-0.2, 0) is 16.0 Å². The Morgan fingerprint density at radius 3 is 2.75 bits per heavy atom. The number of rotatable bonds is 5. The average Bonchev–Trinajstić information content (AvgIpc) is 2.37. The molecular weight excluding hydrogens is 276 g/mol. The fourth-order valence-electron chi connectivity index (χ4n) is 1.49. The van der Waals surface area contributed by atoms with Gasteiger partial charge in [-0.2, -0.15) is 5.26 Å². The van der Waals surface area contributed by atoms with Crippen LogP contribution in [0.3, 0.4) is 0 Å². The van der Waals surface area contributed by atoms with Crippen molar-refractivity contribution in [1.29, 1.82) is 5.26 Å². The Morgan fingerprint density at radius 1 is 1.65 bits per heavy atom. The lowest BCUT2D eigenvalue weighted by Gasteiger charge is -2.06. The standard InChI is InChI=1S/C11H9F2N3O4/c1-2-20-8(17)4-7-3-6(5-14)10(16(18)19)9(15-7)11(12)13/h3,11H,2,4H2,1H3. The molecule has 0 atom stereocenters. The van der Waals surface area contributed by atoms with Crippen molar-refractivity contribution in [3.05, 3.63) is 33.1 Å². The van der Waals surface area contributed by atoms with Crippen molar-refractivity contribution >= 4 is 11.7 Å². The predicted octanol–water partition coefficient (Wildman–Crippen LogP) is 1.90. The fourth-order valence-corrected chi connectivity index (χ4v) is 1.49. The van der Waals surface area contributed by atoms with Crippen LogP contribution >= 0.6 is 0 Å². The molecule has 0 aliphatic heterocycles. The topological polar surface area (TPSA) is 106 Å². The van der Waals surface area contributed by atoms with Crippen LogP contribution in [0, 0.1) is 21.4 Å². The number of carbonyl (C=O) groups is 1. The number of nitrogens with zero attached hydrogens (tertiary/aromatic N) is 3. The summed E-state index contributed by atoms with van der Waals surface area (Å²) >= 11 is 0. The Hall–Kier alpha value is -2.63. The molecule has 0 saturated carbocycles. The molecule has 0 aromatic carbocycles. The van der Waals surface area contributed by atoms with E-state index in [1.165, 1.54) is 6.07 Å². The molecule has 20 heavy (non-hydrogen) atoms. The maximum absolute atomic E-state index is 12.8. The van der Waals surface area contributed by atoms with E-state index in [2.05, 4.69) is 9.72 Å². The maximum atomic E-state index is 12.8. The maximum Gasteiger partial charge on any atom is 0.314 e. The fraction of sp³-hybridized carbons (Fsp3) is 0.364. The molecule has 1 heterocycles. The number of hydrogen-bond acceptors (Lipinski definition) is 6. The second-order valence-corrected chi connectivity index (χ2v) is 3.55. The number of hydrogen-bond donors (Lipinski definition) is 0. The van der Waals surface area contributed by atoms with Gasteiger partial charge in [0.2, 0.25) is 0 Å². The number of pyridine rings is 1. The van der Waals surface area contributed by atoms with E-state index in [-0.39, 0.29) is 12.3 Å². The molecule has 0 spiro atoms. The largest absolute Gasteiger partial charge is 0.466 e. The van der Waals surface area contributed by atoms with Gasteiger partial charge in [0.25, 0.3) is 6.43 Å². The van der Waals surface area contributed by atoms with Gasteiger partial charge in [0.05, 0.1) is 23.6 Å². The summed E-state index contributed by atoms with van der Waals surface area (Å²) in [5.41, 5.74) is -2.93. The molecule has 0 N–H and O–H groups in total. The Labute approximate surface area is 111 Å². The van der Waals surface area contributed by atoms with Crippen LogP contribution in [0.4, 0.5) is 14.5 Å². The van der Waals surface area contributed by atoms with E-state index in [4.69, 9.17) is 5.26 Å². The van der Waals surface area contributed by atoms with Crippen LogP contribution in [0.15, 0.2) is 6.07 Å². The SMILES string of the molecule is CCOC(=O)Cc1cc(C#N)c([N+](=O)[O-])c(C(F)F)n1. The van der Waals surface area contributed by atoms with Gasteiger partial charge in [0.1, 0.15) is 11.6 Å². The van der Waals surface area contributed by atoms with Crippen LogP contribution in [0.25, 0.3) is 0 Å². The van der Waals surface area contributed by atoms with E-state index in [9.17, 15) is 23.7 Å². The number of esters is 1. The van der Waals surface area contributed by atoms with Crippen LogP contribution in [0.5, 0.6) is 0 Å². The highest BCUT2D eigenvalue weighted by atomic mass is 19.3. The molecule has 0 radical (unpaired) electrons. The second-order valence-electron chi connectivity index (χ2n) is 3.55. The molecule has 1 rings (SSSR count). The van der Waals surface area contributed by atoms with Crippen molar-refractivity contribution in [2.24, 2.45) is 0 Å². The van der Waals surface area contributed by atoms with Gasteiger partial charge in [-0.15, -0.1) is 0 Å². The van der Waals surface area contributed by atoms with Gasteiger partial charge in [0, 0.05) is 0 Å². The van der Waals surface area contributed by atoms with Crippen molar-refractivity contribution < 1.29 is 23.2 Å². The van der Waals surface area contributed by atoms with Crippen molar-refractivity contribution in [2.75, 3.05) is 6.61 Å². The van der Waals surface area contributed by atoms with Gasteiger partial charge in [-0.3, -0.25) is 14.9 Å². The third-order valence-corrected chi connectivity index (χ3v) is 2.21. The van der Waals surface area contributed by atoms with Gasteiger partial charge >= 0.3 is 11.7 Å². The zero-order chi connectivity index (χ0) is 15.3. The normalized spacial score (nSPS) is 10.2. The van der Waals surface area contributed by atoms with Gasteiger partial charge in [0.15, 0.2) is 5.69 Å². The van der Waals surface area contributed by atoms with Crippen LogP contribution < -0.4 is 0 Å². The first-order valence-corrected chi connectivity index (χ1v) is 5.42. The molecule has 1 aromatic heterocycles.